The predicted octanol–water partition coefficient (Wildman–Crippen LogP) is 3.33. The molecule has 1 atom stereocenters. The van der Waals surface area contributed by atoms with Gasteiger partial charge in [-0.15, -0.1) is 0 Å². The van der Waals surface area contributed by atoms with Crippen molar-refractivity contribution in [3.63, 3.8) is 0 Å². The lowest BCUT2D eigenvalue weighted by molar-refractivity contribution is -0.385. The van der Waals surface area contributed by atoms with E-state index in [9.17, 15) is 14.9 Å². The standard InChI is InChI=1S/C17H16ClN3O4/c18-12-3-4-16(21(23)24)15(10-12)17(22)20-9-1-2-14(11-20)25-13-5-7-19-8-6-13/h3-8,10,14H,1-2,9,11H2. The van der Waals surface area contributed by atoms with Crippen LogP contribution in [0.25, 0.3) is 0 Å². The number of nitro groups is 1. The Labute approximate surface area is 149 Å². The zero-order valence-electron chi connectivity index (χ0n) is 13.3. The number of hydrogen-bond acceptors (Lipinski definition) is 5. The first-order valence-corrected chi connectivity index (χ1v) is 8.22. The fourth-order valence-electron chi connectivity index (χ4n) is 2.84. The topological polar surface area (TPSA) is 85.6 Å². The first-order valence-electron chi connectivity index (χ1n) is 7.84. The zero-order chi connectivity index (χ0) is 17.8. The Bertz CT molecular complexity index is 785. The average Bonchev–Trinajstić information content (AvgIpc) is 2.62. The number of aromatic nitrogens is 1. The third kappa shape index (κ3) is 4.06. The van der Waals surface area contributed by atoms with E-state index in [1.165, 1.54) is 18.2 Å². The molecule has 2 aromatic rings. The predicted molar refractivity (Wildman–Crippen MR) is 91.9 cm³/mol. The summed E-state index contributed by atoms with van der Waals surface area (Å²) in [7, 11) is 0. The number of hydrogen-bond donors (Lipinski definition) is 0. The van der Waals surface area contributed by atoms with Crippen LogP contribution in [-0.4, -0.2) is 39.9 Å². The molecule has 1 unspecified atom stereocenters. The van der Waals surface area contributed by atoms with Crippen molar-refractivity contribution in [2.45, 2.75) is 18.9 Å². The smallest absolute Gasteiger partial charge is 0.282 e. The van der Waals surface area contributed by atoms with E-state index >= 15 is 0 Å². The summed E-state index contributed by atoms with van der Waals surface area (Å²) in [6.07, 6.45) is 4.67. The Morgan fingerprint density at radius 3 is 2.80 bits per heavy atom. The van der Waals surface area contributed by atoms with E-state index < -0.39 is 10.8 Å². The fourth-order valence-corrected chi connectivity index (χ4v) is 3.01. The van der Waals surface area contributed by atoms with Gasteiger partial charge < -0.3 is 9.64 Å². The molecular weight excluding hydrogens is 346 g/mol. The normalized spacial score (nSPS) is 17.2. The molecular formula is C17H16ClN3O4. The number of nitro benzene ring substituents is 1. The number of carbonyl (C=O) groups excluding carboxylic acids is 1. The van der Waals surface area contributed by atoms with Crippen LogP contribution in [-0.2, 0) is 0 Å². The molecule has 1 aliphatic heterocycles. The molecule has 130 valence electrons. The summed E-state index contributed by atoms with van der Waals surface area (Å²) in [5, 5.41) is 11.5. The molecule has 1 amide bonds. The van der Waals surface area contributed by atoms with Gasteiger partial charge in [0.2, 0.25) is 0 Å². The van der Waals surface area contributed by atoms with Crippen LogP contribution in [0.5, 0.6) is 5.75 Å². The van der Waals surface area contributed by atoms with Crippen molar-refractivity contribution in [1.82, 2.24) is 9.88 Å². The average molecular weight is 362 g/mol. The van der Waals surface area contributed by atoms with Gasteiger partial charge in [0.15, 0.2) is 0 Å². The van der Waals surface area contributed by atoms with Crippen molar-refractivity contribution in [3.05, 3.63) is 63.4 Å². The zero-order valence-corrected chi connectivity index (χ0v) is 14.1. The maximum atomic E-state index is 12.8. The fraction of sp³-hybridized carbons (Fsp3) is 0.294. The van der Waals surface area contributed by atoms with Gasteiger partial charge in [-0.3, -0.25) is 19.9 Å². The molecule has 0 bridgehead atoms. The van der Waals surface area contributed by atoms with E-state index in [1.807, 2.05) is 0 Å². The van der Waals surface area contributed by atoms with E-state index in [0.29, 0.717) is 18.8 Å². The summed E-state index contributed by atoms with van der Waals surface area (Å²) in [5.74, 6) is 0.278. The van der Waals surface area contributed by atoms with Gasteiger partial charge in [0.05, 0.1) is 11.5 Å². The molecule has 3 rings (SSSR count). The van der Waals surface area contributed by atoms with Crippen molar-refractivity contribution < 1.29 is 14.5 Å². The second-order valence-corrected chi connectivity index (χ2v) is 6.17. The highest BCUT2D eigenvalue weighted by Crippen LogP contribution is 2.26. The van der Waals surface area contributed by atoms with Crippen molar-refractivity contribution in [3.8, 4) is 5.75 Å². The molecule has 0 spiro atoms. The van der Waals surface area contributed by atoms with Crippen LogP contribution < -0.4 is 4.74 Å². The molecule has 0 aliphatic carbocycles. The lowest BCUT2D eigenvalue weighted by Gasteiger charge is -2.32. The van der Waals surface area contributed by atoms with E-state index in [4.69, 9.17) is 16.3 Å². The lowest BCUT2D eigenvalue weighted by Crippen LogP contribution is -2.44. The highest BCUT2D eigenvalue weighted by molar-refractivity contribution is 6.31. The molecule has 1 aliphatic rings. The number of benzene rings is 1. The van der Waals surface area contributed by atoms with Gasteiger partial charge >= 0.3 is 0 Å². The van der Waals surface area contributed by atoms with Crippen LogP contribution in [0.2, 0.25) is 5.02 Å². The Morgan fingerprint density at radius 1 is 1.32 bits per heavy atom. The minimum Gasteiger partial charge on any atom is -0.488 e. The highest BCUT2D eigenvalue weighted by atomic mass is 35.5. The van der Waals surface area contributed by atoms with Gasteiger partial charge in [-0.25, -0.2) is 0 Å². The summed E-state index contributed by atoms with van der Waals surface area (Å²) in [6.45, 7) is 0.892. The molecule has 2 heterocycles. The molecule has 7 nitrogen and oxygen atoms in total. The molecule has 0 N–H and O–H groups in total. The molecule has 25 heavy (non-hydrogen) atoms. The van der Waals surface area contributed by atoms with E-state index in [2.05, 4.69) is 4.98 Å². The Balaban J connectivity index is 1.76. The molecule has 0 saturated carbocycles. The summed E-state index contributed by atoms with van der Waals surface area (Å²) in [4.78, 5) is 28.9. The van der Waals surface area contributed by atoms with E-state index in [1.54, 1.807) is 29.4 Å². The Kier molecular flexibility index (Phi) is 5.14. The van der Waals surface area contributed by atoms with Gasteiger partial charge in [-0.1, -0.05) is 11.6 Å². The monoisotopic (exact) mass is 361 g/mol. The van der Waals surface area contributed by atoms with Crippen molar-refractivity contribution in [2.75, 3.05) is 13.1 Å². The van der Waals surface area contributed by atoms with E-state index in [0.717, 1.165) is 12.8 Å². The van der Waals surface area contributed by atoms with Crippen molar-refractivity contribution in [1.29, 1.82) is 0 Å². The number of amides is 1. The third-order valence-electron chi connectivity index (χ3n) is 4.00. The number of nitrogens with zero attached hydrogens (tertiary/aromatic N) is 3. The Morgan fingerprint density at radius 2 is 2.08 bits per heavy atom. The van der Waals surface area contributed by atoms with Crippen LogP contribution in [0.4, 0.5) is 5.69 Å². The first-order chi connectivity index (χ1) is 12.0. The van der Waals surface area contributed by atoms with Crippen LogP contribution in [0.15, 0.2) is 42.7 Å². The molecule has 1 aromatic heterocycles. The van der Waals surface area contributed by atoms with Crippen molar-refractivity contribution >= 4 is 23.2 Å². The molecule has 1 fully saturated rings. The molecule has 1 aromatic carbocycles. The van der Waals surface area contributed by atoms with Crippen LogP contribution in [0.3, 0.4) is 0 Å². The first kappa shape index (κ1) is 17.2. The van der Waals surface area contributed by atoms with Gasteiger partial charge in [0.1, 0.15) is 17.4 Å². The number of rotatable bonds is 4. The highest BCUT2D eigenvalue weighted by Gasteiger charge is 2.29. The summed E-state index contributed by atoms with van der Waals surface area (Å²) < 4.78 is 5.88. The minimum absolute atomic E-state index is 0.00191. The SMILES string of the molecule is O=C(c1cc(Cl)ccc1[N+](=O)[O-])N1CCCC(Oc2ccncc2)C1. The maximum absolute atomic E-state index is 12.8. The number of carbonyl (C=O) groups is 1. The van der Waals surface area contributed by atoms with Gasteiger partial charge in [-0.05, 0) is 37.1 Å². The molecule has 1 saturated heterocycles. The number of halogens is 1. The number of pyridine rings is 1. The summed E-state index contributed by atoms with van der Waals surface area (Å²) >= 11 is 5.92. The Hall–Kier alpha value is -2.67. The second-order valence-electron chi connectivity index (χ2n) is 5.73. The van der Waals surface area contributed by atoms with Crippen molar-refractivity contribution in [2.24, 2.45) is 0 Å². The largest absolute Gasteiger partial charge is 0.488 e. The number of ether oxygens (including phenoxy) is 1. The minimum atomic E-state index is -0.571. The van der Waals surface area contributed by atoms with Crippen LogP contribution >= 0.6 is 11.6 Å². The van der Waals surface area contributed by atoms with Gasteiger partial charge in [-0.2, -0.15) is 0 Å². The van der Waals surface area contributed by atoms with Gasteiger partial charge in [0, 0.05) is 30.0 Å². The number of piperidine rings is 1. The number of likely N-dealkylation sites (tertiary alicyclic amines) is 1. The van der Waals surface area contributed by atoms with Crippen LogP contribution in [0, 0.1) is 10.1 Å². The van der Waals surface area contributed by atoms with E-state index in [-0.39, 0.29) is 22.4 Å². The quantitative estimate of drug-likeness (QED) is 0.616. The second kappa shape index (κ2) is 7.48. The lowest BCUT2D eigenvalue weighted by atomic mass is 10.1. The summed E-state index contributed by atoms with van der Waals surface area (Å²) in [5.41, 5.74) is -0.242. The molecule has 0 radical (unpaired) electrons. The van der Waals surface area contributed by atoms with Gasteiger partial charge in [0.25, 0.3) is 11.6 Å². The molecule has 8 heteroatoms. The maximum Gasteiger partial charge on any atom is 0.282 e. The van der Waals surface area contributed by atoms with Crippen LogP contribution in [0.1, 0.15) is 23.2 Å². The third-order valence-corrected chi connectivity index (χ3v) is 4.24. The summed E-state index contributed by atoms with van der Waals surface area (Å²) in [6, 6.07) is 7.51.